The van der Waals surface area contributed by atoms with Crippen molar-refractivity contribution < 1.29 is 31.6 Å². The Hall–Kier alpha value is -3.38. The first-order valence-electron chi connectivity index (χ1n) is 10.0. The molecule has 3 aromatic rings. The lowest BCUT2D eigenvalue weighted by Crippen LogP contribution is -2.21. The van der Waals surface area contributed by atoms with Crippen LogP contribution in [0.2, 0.25) is 5.02 Å². The summed E-state index contributed by atoms with van der Waals surface area (Å²) in [5.41, 5.74) is -2.26. The Balaban J connectivity index is 2.07. The highest BCUT2D eigenvalue weighted by Crippen LogP contribution is 2.36. The minimum atomic E-state index is -4.87. The van der Waals surface area contributed by atoms with E-state index in [1.807, 2.05) is 0 Å². The van der Waals surface area contributed by atoms with Crippen LogP contribution in [-0.4, -0.2) is 33.2 Å². The first kappa shape index (κ1) is 26.2. The number of anilines is 1. The van der Waals surface area contributed by atoms with E-state index in [2.05, 4.69) is 15.5 Å². The summed E-state index contributed by atoms with van der Waals surface area (Å²) in [6, 6.07) is 9.95. The van der Waals surface area contributed by atoms with Crippen molar-refractivity contribution in [3.8, 4) is 17.4 Å². The number of halogens is 4. The lowest BCUT2D eigenvalue weighted by molar-refractivity contribution is -0.142. The Bertz CT molecular complexity index is 1380. The van der Waals surface area contributed by atoms with E-state index in [1.54, 1.807) is 6.92 Å². The van der Waals surface area contributed by atoms with Crippen LogP contribution in [0.4, 0.5) is 18.9 Å². The second-order valence-electron chi connectivity index (χ2n) is 7.33. The van der Waals surface area contributed by atoms with Gasteiger partial charge in [0.05, 0.1) is 16.3 Å². The highest BCUT2D eigenvalue weighted by Gasteiger charge is 2.38. The fraction of sp³-hybridized carbons (Fsp3) is 0.227. The highest BCUT2D eigenvalue weighted by atomic mass is 35.5. The highest BCUT2D eigenvalue weighted by molar-refractivity contribution is 7.91. The summed E-state index contributed by atoms with van der Waals surface area (Å²) in [5, 5.41) is 9.40. The number of carbonyl (C=O) groups is 1. The first-order valence-corrected chi connectivity index (χ1v) is 12.3. The number of hydrogen-bond acceptors (Lipinski definition) is 7. The molecule has 0 aliphatic rings. The van der Waals surface area contributed by atoms with Crippen LogP contribution in [0, 0.1) is 11.7 Å². The van der Waals surface area contributed by atoms with Crippen molar-refractivity contribution in [2.45, 2.75) is 24.9 Å². The van der Waals surface area contributed by atoms with Gasteiger partial charge in [0.2, 0.25) is 0 Å². The van der Waals surface area contributed by atoms with Crippen molar-refractivity contribution >= 4 is 32.9 Å². The summed E-state index contributed by atoms with van der Waals surface area (Å²) in [6.45, 7) is 3.15. The average Bonchev–Trinajstić information content (AvgIpc) is 2.72. The standard InChI is InChI=1S/C22H20ClF3N4O4S/c1-4-33-15-8-13(23)9-16(11-15)34-21-18(12(2)19(29-30-21)22(24,25)26)20(31)28-14-6-5-7-17(10-14)35(3,27)32/h5-11,27H,4H2,1-3H3,(H,28,31). The van der Waals surface area contributed by atoms with E-state index in [1.165, 1.54) is 48.7 Å². The molecule has 35 heavy (non-hydrogen) atoms. The van der Waals surface area contributed by atoms with E-state index in [-0.39, 0.29) is 21.4 Å². The van der Waals surface area contributed by atoms with Gasteiger partial charge in [-0.2, -0.15) is 13.2 Å². The summed E-state index contributed by atoms with van der Waals surface area (Å²) in [7, 11) is -3.09. The van der Waals surface area contributed by atoms with Gasteiger partial charge in [0, 0.05) is 27.9 Å². The summed E-state index contributed by atoms with van der Waals surface area (Å²) in [6.07, 6.45) is -3.67. The van der Waals surface area contributed by atoms with Crippen LogP contribution in [0.25, 0.3) is 0 Å². The number of alkyl halides is 3. The van der Waals surface area contributed by atoms with Crippen LogP contribution in [0.5, 0.6) is 17.4 Å². The predicted octanol–water partition coefficient (Wildman–Crippen LogP) is 5.94. The number of amides is 1. The number of aromatic nitrogens is 2. The van der Waals surface area contributed by atoms with Crippen LogP contribution >= 0.6 is 11.6 Å². The minimum absolute atomic E-state index is 0.0605. The molecule has 0 fully saturated rings. The fourth-order valence-electron chi connectivity index (χ4n) is 3.07. The molecule has 0 radical (unpaired) electrons. The van der Waals surface area contributed by atoms with E-state index in [0.717, 1.165) is 6.92 Å². The molecular formula is C22H20ClF3N4O4S. The smallest absolute Gasteiger partial charge is 0.435 e. The van der Waals surface area contributed by atoms with Gasteiger partial charge in [0.15, 0.2) is 5.69 Å². The molecule has 13 heteroatoms. The van der Waals surface area contributed by atoms with Crippen LogP contribution in [-0.2, 0) is 15.9 Å². The maximum absolute atomic E-state index is 13.5. The van der Waals surface area contributed by atoms with Crippen LogP contribution in [0.1, 0.15) is 28.5 Å². The normalized spacial score (nSPS) is 13.1. The van der Waals surface area contributed by atoms with Crippen molar-refractivity contribution in [2.75, 3.05) is 18.2 Å². The molecule has 8 nitrogen and oxygen atoms in total. The lowest BCUT2D eigenvalue weighted by Gasteiger charge is -2.16. The van der Waals surface area contributed by atoms with Crippen molar-refractivity contribution in [1.29, 1.82) is 4.78 Å². The Morgan fingerprint density at radius 3 is 2.49 bits per heavy atom. The summed E-state index contributed by atoms with van der Waals surface area (Å²) in [5.74, 6) is -1.07. The molecule has 0 spiro atoms. The maximum atomic E-state index is 13.5. The molecule has 0 aliphatic heterocycles. The van der Waals surface area contributed by atoms with Crippen LogP contribution in [0.15, 0.2) is 47.4 Å². The summed E-state index contributed by atoms with van der Waals surface area (Å²) < 4.78 is 71.2. The van der Waals surface area contributed by atoms with Gasteiger partial charge in [0.25, 0.3) is 11.8 Å². The van der Waals surface area contributed by atoms with Gasteiger partial charge >= 0.3 is 6.18 Å². The average molecular weight is 529 g/mol. The topological polar surface area (TPSA) is 114 Å². The van der Waals surface area contributed by atoms with E-state index >= 15 is 0 Å². The molecule has 1 atom stereocenters. The van der Waals surface area contributed by atoms with E-state index < -0.39 is 44.5 Å². The van der Waals surface area contributed by atoms with Crippen molar-refractivity contribution in [3.05, 3.63) is 64.3 Å². The first-order chi connectivity index (χ1) is 16.3. The van der Waals surface area contributed by atoms with Crippen molar-refractivity contribution in [1.82, 2.24) is 10.2 Å². The quantitative estimate of drug-likeness (QED) is 0.392. The van der Waals surface area contributed by atoms with Gasteiger partial charge in [-0.25, -0.2) is 8.99 Å². The molecule has 0 saturated heterocycles. The third-order valence-electron chi connectivity index (χ3n) is 4.59. The van der Waals surface area contributed by atoms with E-state index in [4.69, 9.17) is 25.9 Å². The molecule has 0 aliphatic carbocycles. The molecule has 2 N–H and O–H groups in total. The Morgan fingerprint density at radius 1 is 1.17 bits per heavy atom. The largest absolute Gasteiger partial charge is 0.494 e. The zero-order chi connectivity index (χ0) is 26.0. The Morgan fingerprint density at radius 2 is 1.86 bits per heavy atom. The Kier molecular flexibility index (Phi) is 7.56. The minimum Gasteiger partial charge on any atom is -0.494 e. The molecule has 0 bridgehead atoms. The second-order valence-corrected chi connectivity index (χ2v) is 9.93. The van der Waals surface area contributed by atoms with Gasteiger partial charge in [0.1, 0.15) is 17.1 Å². The van der Waals surface area contributed by atoms with Crippen molar-refractivity contribution in [2.24, 2.45) is 0 Å². The molecule has 1 heterocycles. The number of hydrogen-bond donors (Lipinski definition) is 2. The molecule has 1 amide bonds. The SMILES string of the molecule is CCOc1cc(Cl)cc(Oc2nnc(C(F)(F)F)c(C)c2C(=O)Nc2cccc(S(C)(=N)=O)c2)c1. The number of ether oxygens (including phenoxy) is 2. The van der Waals surface area contributed by atoms with Gasteiger partial charge in [-0.05, 0) is 49.7 Å². The number of carbonyl (C=O) groups excluding carboxylic acids is 1. The third-order valence-corrected chi connectivity index (χ3v) is 5.96. The number of benzene rings is 2. The summed E-state index contributed by atoms with van der Waals surface area (Å²) >= 11 is 6.07. The molecule has 1 unspecified atom stereocenters. The predicted molar refractivity (Wildman–Crippen MR) is 124 cm³/mol. The molecule has 2 aromatic carbocycles. The number of rotatable bonds is 7. The van der Waals surface area contributed by atoms with Crippen LogP contribution < -0.4 is 14.8 Å². The second kappa shape index (κ2) is 10.1. The van der Waals surface area contributed by atoms with Gasteiger partial charge in [-0.1, -0.05) is 17.7 Å². The molecule has 186 valence electrons. The summed E-state index contributed by atoms with van der Waals surface area (Å²) in [4.78, 5) is 13.3. The van der Waals surface area contributed by atoms with E-state index in [0.29, 0.717) is 12.4 Å². The lowest BCUT2D eigenvalue weighted by atomic mass is 10.1. The zero-order valence-corrected chi connectivity index (χ0v) is 20.3. The monoisotopic (exact) mass is 528 g/mol. The maximum Gasteiger partial charge on any atom is 0.435 e. The van der Waals surface area contributed by atoms with Gasteiger partial charge in [-0.3, -0.25) is 4.79 Å². The number of nitrogens with zero attached hydrogens (tertiary/aromatic N) is 2. The Labute approximate surface area is 204 Å². The third kappa shape index (κ3) is 6.40. The molecule has 1 aromatic heterocycles. The van der Waals surface area contributed by atoms with Gasteiger partial charge < -0.3 is 14.8 Å². The van der Waals surface area contributed by atoms with Crippen LogP contribution in [0.3, 0.4) is 0 Å². The van der Waals surface area contributed by atoms with Crippen molar-refractivity contribution in [3.63, 3.8) is 0 Å². The molecular weight excluding hydrogens is 509 g/mol. The van der Waals surface area contributed by atoms with Gasteiger partial charge in [-0.15, -0.1) is 10.2 Å². The molecule has 0 saturated carbocycles. The molecule has 3 rings (SSSR count). The zero-order valence-electron chi connectivity index (χ0n) is 18.7. The fourth-order valence-corrected chi connectivity index (χ4v) is 3.98. The van der Waals surface area contributed by atoms with E-state index in [9.17, 15) is 22.2 Å². The number of nitrogens with one attached hydrogen (secondary N) is 2.